The smallest absolute Gasteiger partial charge is 0.309 e. The molecule has 0 aliphatic carbocycles. The molecule has 10 heteroatoms. The number of aromatic nitrogens is 4. The van der Waals surface area contributed by atoms with E-state index in [-0.39, 0.29) is 17.2 Å². The number of nitrogens with zero attached hydrogens (tertiary/aromatic N) is 4. The van der Waals surface area contributed by atoms with Crippen molar-refractivity contribution in [3.63, 3.8) is 0 Å². The summed E-state index contributed by atoms with van der Waals surface area (Å²) in [5.41, 5.74) is 8.17. The van der Waals surface area contributed by atoms with Crippen LogP contribution in [0.5, 0.6) is 0 Å². The van der Waals surface area contributed by atoms with Gasteiger partial charge in [-0.15, -0.1) is 0 Å². The first-order chi connectivity index (χ1) is 34.0. The maximum absolute atomic E-state index is 14.6. The molecule has 0 bridgehead atoms. The first kappa shape index (κ1) is 42.6. The van der Waals surface area contributed by atoms with Crippen molar-refractivity contribution in [1.82, 2.24) is 19.1 Å². The zero-order valence-electron chi connectivity index (χ0n) is 36.8. The maximum Gasteiger partial charge on any atom is 0.417 e. The fraction of sp³-hybridized carbons (Fsp3) is 0.0333. The summed E-state index contributed by atoms with van der Waals surface area (Å²) in [4.78, 5) is 10.2. The summed E-state index contributed by atoms with van der Waals surface area (Å²) < 4.78 is 89.2. The highest BCUT2D eigenvalue weighted by Gasteiger charge is 2.38. The van der Waals surface area contributed by atoms with Gasteiger partial charge in [0.25, 0.3) is 0 Å². The molecule has 0 atom stereocenters. The Kier molecular flexibility index (Phi) is 10.0. The van der Waals surface area contributed by atoms with Crippen molar-refractivity contribution in [2.45, 2.75) is 12.4 Å². The van der Waals surface area contributed by atoms with Gasteiger partial charge in [0.15, 0.2) is 5.82 Å². The zero-order valence-corrected chi connectivity index (χ0v) is 36.8. The molecule has 338 valence electrons. The molecule has 0 aliphatic heterocycles. The molecule has 4 nitrogen and oxygen atoms in total. The molecular weight excluding hydrogens is 891 g/mol. The van der Waals surface area contributed by atoms with Crippen LogP contribution in [0.25, 0.3) is 111 Å². The fourth-order valence-electron chi connectivity index (χ4n) is 9.81. The van der Waals surface area contributed by atoms with Crippen molar-refractivity contribution >= 4 is 43.6 Å². The van der Waals surface area contributed by atoms with Crippen LogP contribution < -0.4 is 0 Å². The summed E-state index contributed by atoms with van der Waals surface area (Å²) in [6, 6.07) is 67.3. The van der Waals surface area contributed by atoms with Gasteiger partial charge in [-0.2, -0.15) is 26.3 Å². The van der Waals surface area contributed by atoms with Crippen LogP contribution in [0.4, 0.5) is 26.3 Å². The number of hydrogen-bond donors (Lipinski definition) is 0. The molecule has 0 spiro atoms. The Bertz CT molecular complexity index is 3870. The highest BCUT2D eigenvalue weighted by Crippen LogP contribution is 2.45. The highest BCUT2D eigenvalue weighted by molar-refractivity contribution is 6.12. The minimum atomic E-state index is -5.04. The molecule has 0 fully saturated rings. The number of rotatable bonds is 7. The summed E-state index contributed by atoms with van der Waals surface area (Å²) >= 11 is 0. The summed E-state index contributed by atoms with van der Waals surface area (Å²) in [5, 5.41) is 3.64. The molecule has 70 heavy (non-hydrogen) atoms. The van der Waals surface area contributed by atoms with Gasteiger partial charge in [0.2, 0.25) is 0 Å². The second-order valence-electron chi connectivity index (χ2n) is 17.2. The number of fused-ring (bicyclic) bond motifs is 6. The number of benzene rings is 9. The maximum atomic E-state index is 14.6. The molecule has 3 heterocycles. The lowest BCUT2D eigenvalue weighted by atomic mass is 9.95. The lowest BCUT2D eigenvalue weighted by molar-refractivity contribution is -0.142. The van der Waals surface area contributed by atoms with E-state index in [1.54, 1.807) is 18.2 Å². The Morgan fingerprint density at radius 1 is 0.329 bits per heavy atom. The van der Waals surface area contributed by atoms with Gasteiger partial charge in [-0.1, -0.05) is 146 Å². The largest absolute Gasteiger partial charge is 0.417 e. The van der Waals surface area contributed by atoms with E-state index in [0.717, 1.165) is 83.7 Å². The van der Waals surface area contributed by atoms with Crippen molar-refractivity contribution in [2.75, 3.05) is 0 Å². The average Bonchev–Trinajstić information content (AvgIpc) is 3.91. The Morgan fingerprint density at radius 3 is 1.50 bits per heavy atom. The molecule has 0 saturated heterocycles. The fourth-order valence-corrected chi connectivity index (χ4v) is 9.81. The van der Waals surface area contributed by atoms with Gasteiger partial charge in [0, 0.05) is 49.5 Å². The zero-order chi connectivity index (χ0) is 47.7. The van der Waals surface area contributed by atoms with Crippen LogP contribution >= 0.6 is 0 Å². The lowest BCUT2D eigenvalue weighted by Gasteiger charge is -2.18. The van der Waals surface area contributed by atoms with E-state index in [2.05, 4.69) is 57.7 Å². The Balaban J connectivity index is 1.10. The third-order valence-electron chi connectivity index (χ3n) is 13.0. The molecule has 12 aromatic rings. The monoisotopic (exact) mass is 926 g/mol. The first-order valence-corrected chi connectivity index (χ1v) is 22.5. The normalized spacial score (nSPS) is 12.1. The van der Waals surface area contributed by atoms with Crippen molar-refractivity contribution in [3.8, 4) is 67.5 Å². The Labute approximate surface area is 397 Å². The van der Waals surface area contributed by atoms with E-state index in [1.807, 2.05) is 133 Å². The van der Waals surface area contributed by atoms with E-state index in [9.17, 15) is 26.3 Å². The molecular formula is C60H36F6N4. The Morgan fingerprint density at radius 2 is 0.857 bits per heavy atom. The molecule has 12 rings (SSSR count). The topological polar surface area (TPSA) is 35.6 Å². The minimum absolute atomic E-state index is 0.137. The molecule has 0 aliphatic rings. The molecule has 0 unspecified atom stereocenters. The summed E-state index contributed by atoms with van der Waals surface area (Å²) in [6.07, 6.45) is -9.99. The third-order valence-corrected chi connectivity index (χ3v) is 13.0. The summed E-state index contributed by atoms with van der Waals surface area (Å²) in [7, 11) is 0. The van der Waals surface area contributed by atoms with Gasteiger partial charge in [-0.25, -0.2) is 9.97 Å². The quantitative estimate of drug-likeness (QED) is 0.149. The van der Waals surface area contributed by atoms with Gasteiger partial charge in [-0.05, 0) is 89.5 Å². The van der Waals surface area contributed by atoms with Crippen molar-refractivity contribution < 1.29 is 26.3 Å². The number of halogens is 6. The van der Waals surface area contributed by atoms with E-state index in [0.29, 0.717) is 28.5 Å². The molecule has 0 amide bonds. The second kappa shape index (κ2) is 16.5. The van der Waals surface area contributed by atoms with Crippen LogP contribution in [0.2, 0.25) is 0 Å². The van der Waals surface area contributed by atoms with E-state index in [1.165, 1.54) is 0 Å². The van der Waals surface area contributed by atoms with Gasteiger partial charge in [0.1, 0.15) is 0 Å². The SMILES string of the molecule is FC(F)(F)c1ccc(-c2ccc3c(c2)c2ccccc2n3-c2ccc(-c3cc(-c4ccccc4)nc(-c4ccccc4)n3)cc2-c2cccc(-n3c4ccccc4c4ccccc43)c2)c(C(F)(F)F)c1. The molecule has 0 saturated carbocycles. The standard InChI is InChI=1S/C60H36F6N4/c61-59(62,63)42-28-29-44(50(35-42)60(64,65)66)40-26-30-57-49(33-40)47-22-9-12-25-55(47)70(57)56-31-27-41(52-36-51(37-14-3-1-4-15-37)67-58(68-52)38-16-5-2-6-17-38)34-48(56)39-18-13-19-43(32-39)69-53-23-10-7-20-45(53)46-21-8-11-24-54(46)69/h1-36H. The van der Waals surface area contributed by atoms with Crippen LogP contribution in [0.3, 0.4) is 0 Å². The summed E-state index contributed by atoms with van der Waals surface area (Å²) in [6.45, 7) is 0. The Hall–Kier alpha value is -8.76. The second-order valence-corrected chi connectivity index (χ2v) is 17.2. The van der Waals surface area contributed by atoms with E-state index >= 15 is 0 Å². The highest BCUT2D eigenvalue weighted by atomic mass is 19.4. The summed E-state index contributed by atoms with van der Waals surface area (Å²) in [5.74, 6) is 0.566. The third kappa shape index (κ3) is 7.36. The lowest BCUT2D eigenvalue weighted by Crippen LogP contribution is -2.12. The van der Waals surface area contributed by atoms with Crippen LogP contribution in [0, 0.1) is 0 Å². The number of alkyl halides is 6. The predicted molar refractivity (Wildman–Crippen MR) is 268 cm³/mol. The number of hydrogen-bond acceptors (Lipinski definition) is 2. The predicted octanol–water partition coefficient (Wildman–Crippen LogP) is 17.0. The van der Waals surface area contributed by atoms with Gasteiger partial charge in [-0.3, -0.25) is 0 Å². The van der Waals surface area contributed by atoms with Crippen LogP contribution in [-0.4, -0.2) is 19.1 Å². The van der Waals surface area contributed by atoms with Crippen LogP contribution in [0.15, 0.2) is 218 Å². The molecule has 3 aromatic heterocycles. The first-order valence-electron chi connectivity index (χ1n) is 22.5. The molecule has 0 N–H and O–H groups in total. The van der Waals surface area contributed by atoms with Gasteiger partial charge in [0.05, 0.1) is 50.3 Å². The van der Waals surface area contributed by atoms with Gasteiger partial charge >= 0.3 is 12.4 Å². The van der Waals surface area contributed by atoms with Crippen LogP contribution in [0.1, 0.15) is 11.1 Å². The van der Waals surface area contributed by atoms with Crippen molar-refractivity contribution in [1.29, 1.82) is 0 Å². The number of para-hydroxylation sites is 3. The molecule has 9 aromatic carbocycles. The minimum Gasteiger partial charge on any atom is -0.309 e. The van der Waals surface area contributed by atoms with E-state index < -0.39 is 23.5 Å². The van der Waals surface area contributed by atoms with Gasteiger partial charge < -0.3 is 9.13 Å². The average molecular weight is 927 g/mol. The van der Waals surface area contributed by atoms with E-state index in [4.69, 9.17) is 9.97 Å². The van der Waals surface area contributed by atoms with Crippen molar-refractivity contribution in [3.05, 3.63) is 230 Å². The molecule has 0 radical (unpaired) electrons. The van der Waals surface area contributed by atoms with Crippen LogP contribution in [-0.2, 0) is 12.4 Å². The van der Waals surface area contributed by atoms with Crippen molar-refractivity contribution in [2.24, 2.45) is 0 Å².